The SMILES string of the molecule is O=C1CCCCN1CCCNc1nc(Cl)ncc1C(F)(F)F. The number of carbonyl (C=O) groups is 1. The lowest BCUT2D eigenvalue weighted by Crippen LogP contribution is -2.36. The fourth-order valence-electron chi connectivity index (χ4n) is 2.28. The number of alkyl halides is 3. The Hall–Kier alpha value is -1.57. The molecule has 0 spiro atoms. The summed E-state index contributed by atoms with van der Waals surface area (Å²) in [5, 5.41) is 2.37. The normalized spacial score (nSPS) is 16.0. The van der Waals surface area contributed by atoms with Gasteiger partial charge in [-0.3, -0.25) is 4.79 Å². The molecule has 0 saturated carbocycles. The van der Waals surface area contributed by atoms with E-state index < -0.39 is 11.7 Å². The summed E-state index contributed by atoms with van der Waals surface area (Å²) in [5.41, 5.74) is -0.953. The molecule has 0 aromatic carbocycles. The number of halogens is 4. The first-order chi connectivity index (χ1) is 10.4. The van der Waals surface area contributed by atoms with E-state index in [1.165, 1.54) is 0 Å². The van der Waals surface area contributed by atoms with Crippen LogP contribution in [-0.4, -0.2) is 40.4 Å². The van der Waals surface area contributed by atoms with Crippen molar-refractivity contribution < 1.29 is 18.0 Å². The van der Waals surface area contributed by atoms with Crippen LogP contribution in [-0.2, 0) is 11.0 Å². The number of piperidine rings is 1. The molecule has 2 heterocycles. The van der Waals surface area contributed by atoms with Crippen molar-refractivity contribution in [1.82, 2.24) is 14.9 Å². The Kier molecular flexibility index (Phi) is 5.44. The zero-order valence-electron chi connectivity index (χ0n) is 11.8. The van der Waals surface area contributed by atoms with E-state index in [9.17, 15) is 18.0 Å². The van der Waals surface area contributed by atoms with Crippen LogP contribution < -0.4 is 5.32 Å². The van der Waals surface area contributed by atoms with Gasteiger partial charge in [0.1, 0.15) is 11.4 Å². The first-order valence-electron chi connectivity index (χ1n) is 6.99. The highest BCUT2D eigenvalue weighted by atomic mass is 35.5. The molecule has 0 aliphatic carbocycles. The molecule has 1 aliphatic rings. The summed E-state index contributed by atoms with van der Waals surface area (Å²) in [5.74, 6) is -0.232. The summed E-state index contributed by atoms with van der Waals surface area (Å²) < 4.78 is 38.4. The van der Waals surface area contributed by atoms with Crippen LogP contribution in [0.2, 0.25) is 5.28 Å². The number of nitrogens with one attached hydrogen (secondary N) is 1. The number of hydrogen-bond acceptors (Lipinski definition) is 4. The Balaban J connectivity index is 1.89. The molecule has 1 N–H and O–H groups in total. The first kappa shape index (κ1) is 16.8. The number of aromatic nitrogens is 2. The number of hydrogen-bond donors (Lipinski definition) is 1. The van der Waals surface area contributed by atoms with Crippen LogP contribution in [0.4, 0.5) is 19.0 Å². The topological polar surface area (TPSA) is 58.1 Å². The minimum atomic E-state index is -4.55. The molecule has 5 nitrogen and oxygen atoms in total. The zero-order valence-corrected chi connectivity index (χ0v) is 12.5. The van der Waals surface area contributed by atoms with Gasteiger partial charge in [-0.2, -0.15) is 13.2 Å². The van der Waals surface area contributed by atoms with E-state index in [-0.39, 0.29) is 23.6 Å². The van der Waals surface area contributed by atoms with Gasteiger partial charge in [-0.25, -0.2) is 9.97 Å². The fourth-order valence-corrected chi connectivity index (χ4v) is 2.41. The van der Waals surface area contributed by atoms with Crippen LogP contribution in [0.15, 0.2) is 6.20 Å². The van der Waals surface area contributed by atoms with Crippen molar-refractivity contribution in [1.29, 1.82) is 0 Å². The number of anilines is 1. The highest BCUT2D eigenvalue weighted by Gasteiger charge is 2.35. The van der Waals surface area contributed by atoms with Crippen LogP contribution in [0.25, 0.3) is 0 Å². The Morgan fingerprint density at radius 3 is 2.82 bits per heavy atom. The fraction of sp³-hybridized carbons (Fsp3) is 0.615. The van der Waals surface area contributed by atoms with Gasteiger partial charge in [0.2, 0.25) is 11.2 Å². The maximum absolute atomic E-state index is 12.8. The summed E-state index contributed by atoms with van der Waals surface area (Å²) >= 11 is 5.54. The lowest BCUT2D eigenvalue weighted by atomic mass is 10.1. The molecule has 9 heteroatoms. The van der Waals surface area contributed by atoms with Gasteiger partial charge in [0, 0.05) is 32.3 Å². The smallest absolute Gasteiger partial charge is 0.369 e. The predicted molar refractivity (Wildman–Crippen MR) is 75.6 cm³/mol. The van der Waals surface area contributed by atoms with E-state index in [2.05, 4.69) is 15.3 Å². The van der Waals surface area contributed by atoms with Crippen molar-refractivity contribution in [2.45, 2.75) is 31.9 Å². The molecule has 0 bridgehead atoms. The monoisotopic (exact) mass is 336 g/mol. The van der Waals surface area contributed by atoms with Gasteiger partial charge in [0.15, 0.2) is 0 Å². The minimum Gasteiger partial charge on any atom is -0.369 e. The predicted octanol–water partition coefficient (Wildman–Crippen LogP) is 2.96. The molecular weight excluding hydrogens is 321 g/mol. The molecule has 0 atom stereocenters. The summed E-state index contributed by atoms with van der Waals surface area (Å²) in [6, 6.07) is 0. The Labute approximate surface area is 130 Å². The molecule has 1 aliphatic heterocycles. The van der Waals surface area contributed by atoms with Crippen LogP contribution >= 0.6 is 11.6 Å². The molecule has 1 aromatic heterocycles. The van der Waals surface area contributed by atoms with Crippen LogP contribution in [0.5, 0.6) is 0 Å². The molecule has 0 unspecified atom stereocenters. The molecular formula is C13H16ClF3N4O. The van der Waals surface area contributed by atoms with Gasteiger partial charge in [0.25, 0.3) is 0 Å². The summed E-state index contributed by atoms with van der Waals surface area (Å²) in [7, 11) is 0. The lowest BCUT2D eigenvalue weighted by Gasteiger charge is -2.26. The molecule has 22 heavy (non-hydrogen) atoms. The summed E-state index contributed by atoms with van der Waals surface area (Å²) in [4.78, 5) is 20.3. The second-order valence-electron chi connectivity index (χ2n) is 5.02. The third-order valence-electron chi connectivity index (χ3n) is 3.38. The van der Waals surface area contributed by atoms with Crippen molar-refractivity contribution in [3.63, 3.8) is 0 Å². The van der Waals surface area contributed by atoms with E-state index in [0.29, 0.717) is 32.1 Å². The number of likely N-dealkylation sites (tertiary alicyclic amines) is 1. The molecule has 1 aromatic rings. The third kappa shape index (κ3) is 4.46. The number of carbonyl (C=O) groups excluding carboxylic acids is 1. The van der Waals surface area contributed by atoms with Gasteiger partial charge in [-0.1, -0.05) is 0 Å². The maximum atomic E-state index is 12.8. The lowest BCUT2D eigenvalue weighted by molar-refractivity contribution is -0.137. The average molecular weight is 337 g/mol. The van der Waals surface area contributed by atoms with E-state index in [1.807, 2.05) is 0 Å². The summed E-state index contributed by atoms with van der Waals surface area (Å²) in [6.07, 6.45) is -0.930. The van der Waals surface area contributed by atoms with Gasteiger partial charge >= 0.3 is 6.18 Å². The van der Waals surface area contributed by atoms with Crippen molar-refractivity contribution >= 4 is 23.3 Å². The zero-order chi connectivity index (χ0) is 16.2. The molecule has 122 valence electrons. The van der Waals surface area contributed by atoms with E-state index >= 15 is 0 Å². The number of nitrogens with zero attached hydrogens (tertiary/aromatic N) is 3. The second-order valence-corrected chi connectivity index (χ2v) is 5.36. The van der Waals surface area contributed by atoms with E-state index in [4.69, 9.17) is 11.6 Å². The molecule has 1 saturated heterocycles. The largest absolute Gasteiger partial charge is 0.421 e. The molecule has 2 rings (SSSR count). The first-order valence-corrected chi connectivity index (χ1v) is 7.37. The quantitative estimate of drug-likeness (QED) is 0.663. The van der Waals surface area contributed by atoms with Crippen molar-refractivity contribution in [3.05, 3.63) is 17.0 Å². The average Bonchev–Trinajstić information content (AvgIpc) is 2.44. The van der Waals surface area contributed by atoms with E-state index in [1.54, 1.807) is 4.90 Å². The molecule has 1 amide bonds. The molecule has 1 fully saturated rings. The highest BCUT2D eigenvalue weighted by molar-refractivity contribution is 6.28. The number of rotatable bonds is 5. The van der Waals surface area contributed by atoms with Gasteiger partial charge in [-0.15, -0.1) is 0 Å². The van der Waals surface area contributed by atoms with Crippen molar-refractivity contribution in [2.24, 2.45) is 0 Å². The van der Waals surface area contributed by atoms with Gasteiger partial charge in [-0.05, 0) is 30.9 Å². The van der Waals surface area contributed by atoms with Crippen molar-refractivity contribution in [3.8, 4) is 0 Å². The standard InChI is InChI=1S/C13H16ClF3N4O/c14-12-19-8-9(13(15,16)17)11(20-12)18-5-3-7-21-6-2-1-4-10(21)22/h8H,1-7H2,(H,18,19,20). The second kappa shape index (κ2) is 7.13. The summed E-state index contributed by atoms with van der Waals surface area (Å²) in [6.45, 7) is 1.50. The van der Waals surface area contributed by atoms with Gasteiger partial charge in [0.05, 0.1) is 0 Å². The third-order valence-corrected chi connectivity index (χ3v) is 3.57. The highest BCUT2D eigenvalue weighted by Crippen LogP contribution is 2.33. The van der Waals surface area contributed by atoms with Crippen LogP contribution in [0.1, 0.15) is 31.2 Å². The Morgan fingerprint density at radius 1 is 1.36 bits per heavy atom. The minimum absolute atomic E-state index is 0.104. The van der Waals surface area contributed by atoms with Crippen LogP contribution in [0.3, 0.4) is 0 Å². The van der Waals surface area contributed by atoms with Crippen molar-refractivity contribution in [2.75, 3.05) is 25.0 Å². The number of amides is 1. The maximum Gasteiger partial charge on any atom is 0.421 e. The van der Waals surface area contributed by atoms with Gasteiger partial charge < -0.3 is 10.2 Å². The Morgan fingerprint density at radius 2 is 2.14 bits per heavy atom. The molecule has 0 radical (unpaired) electrons. The Bertz CT molecular complexity index is 539. The van der Waals surface area contributed by atoms with E-state index in [0.717, 1.165) is 12.8 Å². The van der Waals surface area contributed by atoms with Crippen LogP contribution in [0, 0.1) is 0 Å².